The minimum absolute atomic E-state index is 0. The molecule has 2 fully saturated rings. The third kappa shape index (κ3) is 4.59. The van der Waals surface area contributed by atoms with Crippen molar-refractivity contribution in [1.82, 2.24) is 4.90 Å². The number of hydrogen-bond acceptors (Lipinski definition) is 1. The molecule has 1 saturated carbocycles. The van der Waals surface area contributed by atoms with E-state index < -0.39 is 0 Å². The van der Waals surface area contributed by atoms with Gasteiger partial charge in [-0.05, 0) is 31.1 Å². The van der Waals surface area contributed by atoms with Crippen molar-refractivity contribution in [3.8, 4) is 0 Å². The molecule has 106 valence electrons. The van der Waals surface area contributed by atoms with E-state index >= 15 is 0 Å². The highest BCUT2D eigenvalue weighted by Gasteiger charge is 2.28. The second-order valence-electron chi connectivity index (χ2n) is 6.09. The molecule has 0 atom stereocenters. The van der Waals surface area contributed by atoms with Gasteiger partial charge in [-0.15, -0.1) is 24.0 Å². The van der Waals surface area contributed by atoms with Crippen molar-refractivity contribution in [2.24, 2.45) is 16.1 Å². The summed E-state index contributed by atoms with van der Waals surface area (Å²) in [6.07, 6.45) is 10.6. The Morgan fingerprint density at radius 2 is 1.61 bits per heavy atom. The molecule has 4 heteroatoms. The molecule has 0 aromatic carbocycles. The van der Waals surface area contributed by atoms with E-state index in [1.54, 1.807) is 0 Å². The Morgan fingerprint density at radius 3 is 2.17 bits per heavy atom. The fraction of sp³-hybridized carbons (Fsp3) is 0.929. The zero-order valence-electron chi connectivity index (χ0n) is 11.7. The molecule has 0 bridgehead atoms. The van der Waals surface area contributed by atoms with Gasteiger partial charge in [0.2, 0.25) is 0 Å². The Morgan fingerprint density at radius 1 is 1.06 bits per heavy atom. The van der Waals surface area contributed by atoms with Crippen LogP contribution in [0.25, 0.3) is 0 Å². The van der Waals surface area contributed by atoms with Crippen LogP contribution in [0.15, 0.2) is 4.99 Å². The average Bonchev–Trinajstić information content (AvgIpc) is 2.60. The van der Waals surface area contributed by atoms with Crippen LogP contribution < -0.4 is 5.73 Å². The van der Waals surface area contributed by atoms with Gasteiger partial charge < -0.3 is 10.6 Å². The maximum atomic E-state index is 6.13. The minimum Gasteiger partial charge on any atom is -0.370 e. The van der Waals surface area contributed by atoms with Crippen molar-refractivity contribution in [2.75, 3.05) is 19.6 Å². The van der Waals surface area contributed by atoms with Crippen molar-refractivity contribution in [3.05, 3.63) is 0 Å². The van der Waals surface area contributed by atoms with Gasteiger partial charge in [-0.2, -0.15) is 0 Å². The first kappa shape index (κ1) is 16.1. The average molecular weight is 365 g/mol. The molecule has 18 heavy (non-hydrogen) atoms. The standard InChI is InChI=1S/C14H27N3.HI/c1-14(8-4-5-9-14)12-16-13(15)17-10-6-2-3-7-11-17;/h2-12H2,1H3,(H2,15,16);1H. The summed E-state index contributed by atoms with van der Waals surface area (Å²) in [6, 6.07) is 0. The molecule has 0 radical (unpaired) electrons. The van der Waals surface area contributed by atoms with Gasteiger partial charge in [0.25, 0.3) is 0 Å². The van der Waals surface area contributed by atoms with Crippen LogP contribution in [0.4, 0.5) is 0 Å². The largest absolute Gasteiger partial charge is 0.370 e. The quantitative estimate of drug-likeness (QED) is 0.463. The van der Waals surface area contributed by atoms with Gasteiger partial charge in [0, 0.05) is 19.6 Å². The molecule has 1 aliphatic heterocycles. The molecule has 1 heterocycles. The van der Waals surface area contributed by atoms with Gasteiger partial charge in [0.1, 0.15) is 0 Å². The Kier molecular flexibility index (Phi) is 6.74. The summed E-state index contributed by atoms with van der Waals surface area (Å²) >= 11 is 0. The van der Waals surface area contributed by atoms with Crippen molar-refractivity contribution in [2.45, 2.75) is 58.3 Å². The number of aliphatic imine (C=N–C) groups is 1. The molecular formula is C14H28IN3. The molecule has 0 unspecified atom stereocenters. The molecular weight excluding hydrogens is 337 g/mol. The lowest BCUT2D eigenvalue weighted by molar-refractivity contribution is 0.346. The maximum absolute atomic E-state index is 6.13. The topological polar surface area (TPSA) is 41.6 Å². The Labute approximate surface area is 129 Å². The highest BCUT2D eigenvalue weighted by molar-refractivity contribution is 14.0. The molecule has 2 aliphatic rings. The molecule has 3 nitrogen and oxygen atoms in total. The highest BCUT2D eigenvalue weighted by Crippen LogP contribution is 2.37. The molecule has 0 aromatic rings. The number of hydrogen-bond donors (Lipinski definition) is 1. The van der Waals surface area contributed by atoms with Crippen LogP contribution in [-0.2, 0) is 0 Å². The van der Waals surface area contributed by atoms with Crippen LogP contribution in [0.1, 0.15) is 58.3 Å². The van der Waals surface area contributed by atoms with E-state index in [0.29, 0.717) is 5.41 Å². The van der Waals surface area contributed by atoms with E-state index in [1.807, 2.05) is 0 Å². The molecule has 2 N–H and O–H groups in total. The SMILES string of the molecule is CC1(CN=C(N)N2CCCCCC2)CCCC1.I. The Bertz CT molecular complexity index is 264. The predicted octanol–water partition coefficient (Wildman–Crippen LogP) is 3.38. The lowest BCUT2D eigenvalue weighted by Gasteiger charge is -2.24. The first-order chi connectivity index (χ1) is 8.20. The summed E-state index contributed by atoms with van der Waals surface area (Å²) in [7, 11) is 0. The van der Waals surface area contributed by atoms with Crippen molar-refractivity contribution < 1.29 is 0 Å². The van der Waals surface area contributed by atoms with E-state index in [2.05, 4.69) is 16.8 Å². The number of halogens is 1. The first-order valence-corrected chi connectivity index (χ1v) is 7.25. The summed E-state index contributed by atoms with van der Waals surface area (Å²) in [5.41, 5.74) is 6.56. The van der Waals surface area contributed by atoms with Crippen LogP contribution in [0.3, 0.4) is 0 Å². The van der Waals surface area contributed by atoms with Gasteiger partial charge >= 0.3 is 0 Å². The van der Waals surface area contributed by atoms with Gasteiger partial charge in [0.15, 0.2) is 5.96 Å². The van der Waals surface area contributed by atoms with Gasteiger partial charge in [0.05, 0.1) is 0 Å². The second-order valence-corrected chi connectivity index (χ2v) is 6.09. The van der Waals surface area contributed by atoms with Gasteiger partial charge in [-0.1, -0.05) is 32.6 Å². The zero-order valence-corrected chi connectivity index (χ0v) is 14.0. The third-order valence-corrected chi connectivity index (χ3v) is 4.36. The fourth-order valence-corrected chi connectivity index (χ4v) is 3.06. The van der Waals surface area contributed by atoms with Crippen molar-refractivity contribution >= 4 is 29.9 Å². The van der Waals surface area contributed by atoms with Crippen LogP contribution in [0.5, 0.6) is 0 Å². The van der Waals surface area contributed by atoms with Crippen LogP contribution in [0.2, 0.25) is 0 Å². The molecule has 1 saturated heterocycles. The second kappa shape index (κ2) is 7.56. The lowest BCUT2D eigenvalue weighted by Crippen LogP contribution is -2.38. The van der Waals surface area contributed by atoms with E-state index in [9.17, 15) is 0 Å². The summed E-state index contributed by atoms with van der Waals surface area (Å²) in [5, 5.41) is 0. The van der Waals surface area contributed by atoms with Crippen LogP contribution in [0, 0.1) is 5.41 Å². The third-order valence-electron chi connectivity index (χ3n) is 4.36. The normalized spacial score (nSPS) is 24.5. The fourth-order valence-electron chi connectivity index (χ4n) is 3.06. The monoisotopic (exact) mass is 365 g/mol. The van der Waals surface area contributed by atoms with E-state index in [-0.39, 0.29) is 24.0 Å². The molecule has 0 amide bonds. The Hall–Kier alpha value is 0. The summed E-state index contributed by atoms with van der Waals surface area (Å²) in [4.78, 5) is 6.95. The molecule has 0 spiro atoms. The van der Waals surface area contributed by atoms with E-state index in [0.717, 1.165) is 25.6 Å². The molecule has 1 aliphatic carbocycles. The molecule has 0 aromatic heterocycles. The van der Waals surface area contributed by atoms with Crippen molar-refractivity contribution in [3.63, 3.8) is 0 Å². The van der Waals surface area contributed by atoms with E-state index in [4.69, 9.17) is 5.73 Å². The predicted molar refractivity (Wildman–Crippen MR) is 88.5 cm³/mol. The van der Waals surface area contributed by atoms with E-state index in [1.165, 1.54) is 51.4 Å². The minimum atomic E-state index is 0. The molecule has 2 rings (SSSR count). The van der Waals surface area contributed by atoms with Gasteiger partial charge in [-0.25, -0.2) is 0 Å². The summed E-state index contributed by atoms with van der Waals surface area (Å²) < 4.78 is 0. The smallest absolute Gasteiger partial charge is 0.191 e. The number of nitrogens with zero attached hydrogens (tertiary/aromatic N) is 2. The first-order valence-electron chi connectivity index (χ1n) is 7.25. The number of likely N-dealkylation sites (tertiary alicyclic amines) is 1. The number of guanidine groups is 1. The highest BCUT2D eigenvalue weighted by atomic mass is 127. The zero-order chi connectivity index (χ0) is 12.1. The summed E-state index contributed by atoms with van der Waals surface area (Å²) in [6.45, 7) is 5.49. The van der Waals surface area contributed by atoms with Crippen LogP contribution in [-0.4, -0.2) is 30.5 Å². The lowest BCUT2D eigenvalue weighted by atomic mass is 9.89. The van der Waals surface area contributed by atoms with Crippen LogP contribution >= 0.6 is 24.0 Å². The summed E-state index contributed by atoms with van der Waals surface area (Å²) in [5.74, 6) is 0.792. The number of nitrogens with two attached hydrogens (primary N) is 1. The Balaban J connectivity index is 0.00000162. The maximum Gasteiger partial charge on any atom is 0.191 e. The van der Waals surface area contributed by atoms with Gasteiger partial charge in [-0.3, -0.25) is 4.99 Å². The number of rotatable bonds is 2. The van der Waals surface area contributed by atoms with Crippen molar-refractivity contribution in [1.29, 1.82) is 0 Å².